The molecule has 0 aliphatic heterocycles. The quantitative estimate of drug-likeness (QED) is 0.432. The zero-order valence-electron chi connectivity index (χ0n) is 14.5. The minimum Gasteiger partial charge on any atom is -0.494 e. The van der Waals surface area contributed by atoms with Gasteiger partial charge in [-0.2, -0.15) is 0 Å². The first-order valence-corrected chi connectivity index (χ1v) is 8.27. The summed E-state index contributed by atoms with van der Waals surface area (Å²) in [5.41, 5.74) is 0. The van der Waals surface area contributed by atoms with Crippen molar-refractivity contribution in [1.29, 1.82) is 0 Å². The maximum atomic E-state index is 12.3. The van der Waals surface area contributed by atoms with E-state index in [0.717, 1.165) is 5.75 Å². The van der Waals surface area contributed by atoms with Crippen molar-refractivity contribution in [1.82, 2.24) is 4.90 Å². The number of nitrogens with zero attached hydrogens (tertiary/aromatic N) is 1. The van der Waals surface area contributed by atoms with Crippen molar-refractivity contribution in [3.05, 3.63) is 30.3 Å². The van der Waals surface area contributed by atoms with E-state index >= 15 is 0 Å². The fraction of sp³-hybridized carbons (Fsp3) is 0.556. The van der Waals surface area contributed by atoms with E-state index in [0.29, 0.717) is 45.8 Å². The highest BCUT2D eigenvalue weighted by Crippen LogP contribution is 2.09. The Bertz CT molecular complexity index is 478. The molecular weight excluding hydrogens is 310 g/mol. The van der Waals surface area contributed by atoms with Crippen LogP contribution in [0.25, 0.3) is 0 Å². The third-order valence-corrected chi connectivity index (χ3v) is 3.36. The molecule has 1 aromatic carbocycles. The highest BCUT2D eigenvalue weighted by atomic mass is 16.5. The molecule has 1 rings (SSSR count). The second-order valence-corrected chi connectivity index (χ2v) is 5.19. The summed E-state index contributed by atoms with van der Waals surface area (Å²) < 4.78 is 15.5. The zero-order chi connectivity index (χ0) is 17.6. The molecule has 0 fully saturated rings. The summed E-state index contributed by atoms with van der Waals surface area (Å²) in [6.07, 6.45) is 1.19. The van der Waals surface area contributed by atoms with Crippen LogP contribution in [-0.4, -0.2) is 56.8 Å². The van der Waals surface area contributed by atoms with Crippen molar-refractivity contribution in [2.24, 2.45) is 0 Å². The number of methoxy groups -OCH3 is 1. The molecule has 0 atom stereocenters. The van der Waals surface area contributed by atoms with Crippen LogP contribution in [0, 0.1) is 0 Å². The van der Waals surface area contributed by atoms with Crippen molar-refractivity contribution in [3.63, 3.8) is 0 Å². The van der Waals surface area contributed by atoms with E-state index in [4.69, 9.17) is 14.2 Å². The van der Waals surface area contributed by atoms with Crippen LogP contribution < -0.4 is 4.74 Å². The Morgan fingerprint density at radius 1 is 1.04 bits per heavy atom. The van der Waals surface area contributed by atoms with Gasteiger partial charge in [0.25, 0.3) is 0 Å². The number of hydrogen-bond donors (Lipinski definition) is 0. The first-order chi connectivity index (χ1) is 11.7. The van der Waals surface area contributed by atoms with Crippen LogP contribution in [0.2, 0.25) is 0 Å². The molecule has 134 valence electrons. The van der Waals surface area contributed by atoms with Crippen LogP contribution in [0.4, 0.5) is 0 Å². The molecule has 1 amide bonds. The summed E-state index contributed by atoms with van der Waals surface area (Å²) in [6, 6.07) is 9.50. The normalized spacial score (nSPS) is 10.2. The average molecular weight is 337 g/mol. The van der Waals surface area contributed by atoms with E-state index in [2.05, 4.69) is 0 Å². The van der Waals surface area contributed by atoms with E-state index in [1.54, 1.807) is 18.9 Å². The van der Waals surface area contributed by atoms with Crippen LogP contribution in [-0.2, 0) is 19.1 Å². The van der Waals surface area contributed by atoms with Gasteiger partial charge in [0, 0.05) is 26.6 Å². The molecule has 6 heteroatoms. The summed E-state index contributed by atoms with van der Waals surface area (Å²) in [4.78, 5) is 25.4. The molecule has 0 N–H and O–H groups in total. The number of para-hydroxylation sites is 1. The molecule has 0 heterocycles. The summed E-state index contributed by atoms with van der Waals surface area (Å²) in [6.45, 7) is 3.84. The Morgan fingerprint density at radius 3 is 2.46 bits per heavy atom. The first-order valence-electron chi connectivity index (χ1n) is 8.27. The third kappa shape index (κ3) is 8.53. The van der Waals surface area contributed by atoms with E-state index in [-0.39, 0.29) is 18.3 Å². The van der Waals surface area contributed by atoms with Crippen molar-refractivity contribution in [2.75, 3.05) is 40.0 Å². The lowest BCUT2D eigenvalue weighted by Gasteiger charge is -2.22. The van der Waals surface area contributed by atoms with Crippen LogP contribution in [0.1, 0.15) is 26.2 Å². The Labute approximate surface area is 143 Å². The highest BCUT2D eigenvalue weighted by Gasteiger charge is 2.15. The molecule has 0 bridgehead atoms. The van der Waals surface area contributed by atoms with E-state index < -0.39 is 0 Å². The number of esters is 1. The third-order valence-electron chi connectivity index (χ3n) is 3.36. The van der Waals surface area contributed by atoms with Gasteiger partial charge >= 0.3 is 5.97 Å². The van der Waals surface area contributed by atoms with Gasteiger partial charge < -0.3 is 19.1 Å². The molecule has 0 saturated heterocycles. The first kappa shape index (κ1) is 20.0. The number of amides is 1. The van der Waals surface area contributed by atoms with Crippen molar-refractivity contribution in [3.8, 4) is 5.75 Å². The zero-order valence-corrected chi connectivity index (χ0v) is 14.5. The predicted molar refractivity (Wildman–Crippen MR) is 90.9 cm³/mol. The maximum absolute atomic E-state index is 12.3. The van der Waals surface area contributed by atoms with E-state index in [1.807, 2.05) is 30.3 Å². The Morgan fingerprint density at radius 2 is 1.79 bits per heavy atom. The SMILES string of the molecule is CCOC(=O)CCN(CCOC)C(=O)CCCOc1ccccc1. The van der Waals surface area contributed by atoms with Gasteiger partial charge in [0.2, 0.25) is 5.91 Å². The van der Waals surface area contributed by atoms with Gasteiger partial charge in [-0.05, 0) is 25.5 Å². The lowest BCUT2D eigenvalue weighted by atomic mass is 10.2. The Balaban J connectivity index is 2.32. The summed E-state index contributed by atoms with van der Waals surface area (Å²) in [5, 5.41) is 0. The second-order valence-electron chi connectivity index (χ2n) is 5.19. The molecule has 0 saturated carbocycles. The molecule has 0 spiro atoms. The van der Waals surface area contributed by atoms with E-state index in [9.17, 15) is 9.59 Å². The molecule has 6 nitrogen and oxygen atoms in total. The monoisotopic (exact) mass is 337 g/mol. The topological polar surface area (TPSA) is 65.1 Å². The highest BCUT2D eigenvalue weighted by molar-refractivity contribution is 5.77. The fourth-order valence-electron chi connectivity index (χ4n) is 2.11. The summed E-state index contributed by atoms with van der Waals surface area (Å²) >= 11 is 0. The fourth-order valence-corrected chi connectivity index (χ4v) is 2.11. The second kappa shape index (κ2) is 12.4. The molecule has 0 unspecified atom stereocenters. The summed E-state index contributed by atoms with van der Waals surface area (Å²) in [7, 11) is 1.59. The van der Waals surface area contributed by atoms with Crippen LogP contribution in [0.15, 0.2) is 30.3 Å². The number of carbonyl (C=O) groups excluding carboxylic acids is 2. The predicted octanol–water partition coefficient (Wildman–Crippen LogP) is 2.27. The average Bonchev–Trinajstić information content (AvgIpc) is 2.60. The van der Waals surface area contributed by atoms with Crippen LogP contribution in [0.3, 0.4) is 0 Å². The largest absolute Gasteiger partial charge is 0.494 e. The lowest BCUT2D eigenvalue weighted by molar-refractivity contribution is -0.144. The molecule has 0 radical (unpaired) electrons. The van der Waals surface area contributed by atoms with Crippen molar-refractivity contribution >= 4 is 11.9 Å². The van der Waals surface area contributed by atoms with Gasteiger partial charge in [0.1, 0.15) is 5.75 Å². The Kier molecular flexibility index (Phi) is 10.3. The minimum absolute atomic E-state index is 0.00647. The number of carbonyl (C=O) groups is 2. The van der Waals surface area contributed by atoms with Gasteiger partial charge in [-0.3, -0.25) is 9.59 Å². The van der Waals surface area contributed by atoms with Gasteiger partial charge in [-0.1, -0.05) is 18.2 Å². The van der Waals surface area contributed by atoms with Gasteiger partial charge in [0.05, 0.1) is 26.2 Å². The maximum Gasteiger partial charge on any atom is 0.307 e. The van der Waals surface area contributed by atoms with Crippen molar-refractivity contribution in [2.45, 2.75) is 26.2 Å². The van der Waals surface area contributed by atoms with Crippen molar-refractivity contribution < 1.29 is 23.8 Å². The molecular formula is C18H27NO5. The molecule has 0 aromatic heterocycles. The standard InChI is InChI=1S/C18H27NO5/c1-3-23-18(21)11-12-19(13-15-22-2)17(20)10-7-14-24-16-8-5-4-6-9-16/h4-6,8-9H,3,7,10-15H2,1-2H3. The lowest BCUT2D eigenvalue weighted by Crippen LogP contribution is -2.36. The van der Waals surface area contributed by atoms with Crippen LogP contribution >= 0.6 is 0 Å². The number of hydrogen-bond acceptors (Lipinski definition) is 5. The number of ether oxygens (including phenoxy) is 3. The smallest absolute Gasteiger partial charge is 0.307 e. The van der Waals surface area contributed by atoms with Gasteiger partial charge in [-0.15, -0.1) is 0 Å². The number of benzene rings is 1. The minimum atomic E-state index is -0.292. The molecule has 24 heavy (non-hydrogen) atoms. The summed E-state index contributed by atoms with van der Waals surface area (Å²) in [5.74, 6) is 0.497. The Hall–Kier alpha value is -2.08. The van der Waals surface area contributed by atoms with Gasteiger partial charge in [0.15, 0.2) is 0 Å². The van der Waals surface area contributed by atoms with E-state index in [1.165, 1.54) is 0 Å². The van der Waals surface area contributed by atoms with Gasteiger partial charge in [-0.25, -0.2) is 0 Å². The number of rotatable bonds is 12. The van der Waals surface area contributed by atoms with Crippen LogP contribution in [0.5, 0.6) is 5.75 Å². The molecule has 0 aliphatic carbocycles. The molecule has 0 aliphatic rings. The molecule has 1 aromatic rings.